The molecule has 8 bridgehead atoms. The summed E-state index contributed by atoms with van der Waals surface area (Å²) in [6.45, 7) is 0. The zero-order chi connectivity index (χ0) is 45.6. The van der Waals surface area contributed by atoms with Crippen LogP contribution in [0.25, 0.3) is 134 Å². The zero-order valence-electron chi connectivity index (χ0n) is 38.5. The van der Waals surface area contributed by atoms with Gasteiger partial charge in [-0.05, 0) is 97.1 Å². The van der Waals surface area contributed by atoms with Crippen molar-refractivity contribution >= 4 is 90.0 Å². The molecule has 13 rings (SSSR count). The summed E-state index contributed by atoms with van der Waals surface area (Å²) in [5.74, 6) is 0. The van der Waals surface area contributed by atoms with Gasteiger partial charge in [-0.25, -0.2) is 28.2 Å². The second-order valence-electron chi connectivity index (χ2n) is 18.1. The maximum Gasteiger partial charge on any atom is 0.212 e. The molecular formula is C60H46ClN8+3. The molecular weight excluding hydrogens is 868 g/mol. The van der Waals surface area contributed by atoms with Gasteiger partial charge in [0.05, 0.1) is 45.0 Å². The number of aromatic amines is 2. The summed E-state index contributed by atoms with van der Waals surface area (Å²) in [7, 11) is 8.48. The van der Waals surface area contributed by atoms with Crippen molar-refractivity contribution in [3.8, 4) is 44.5 Å². The molecule has 2 aliphatic heterocycles. The lowest BCUT2D eigenvalue weighted by molar-refractivity contribution is -0.644. The molecule has 2 N–H and O–H groups in total. The van der Waals surface area contributed by atoms with Crippen molar-refractivity contribution in [2.75, 3.05) is 0 Å². The Balaban J connectivity index is 0.00000492. The first-order valence-electron chi connectivity index (χ1n) is 23.0. The van der Waals surface area contributed by atoms with Gasteiger partial charge in [-0.3, -0.25) is 0 Å². The van der Waals surface area contributed by atoms with E-state index in [0.717, 1.165) is 133 Å². The highest BCUT2D eigenvalue weighted by atomic mass is 35.5. The van der Waals surface area contributed by atoms with Crippen LogP contribution >= 0.6 is 0 Å². The third-order valence-corrected chi connectivity index (χ3v) is 13.8. The van der Waals surface area contributed by atoms with E-state index >= 15 is 0 Å². The molecule has 2 aliphatic rings. The summed E-state index contributed by atoms with van der Waals surface area (Å²) in [6.07, 6.45) is 17.6. The number of aromatic nitrogens is 8. The fraction of sp³-hybridized carbons (Fsp3) is 0.0667. The minimum Gasteiger partial charge on any atom is -1.00 e. The van der Waals surface area contributed by atoms with Gasteiger partial charge in [0.1, 0.15) is 28.2 Å². The van der Waals surface area contributed by atoms with Gasteiger partial charge in [0.2, 0.25) is 22.1 Å². The summed E-state index contributed by atoms with van der Waals surface area (Å²) in [4.78, 5) is 19.2. The van der Waals surface area contributed by atoms with E-state index in [1.54, 1.807) is 0 Å². The van der Waals surface area contributed by atoms with Crippen molar-refractivity contribution < 1.29 is 30.7 Å². The minimum absolute atomic E-state index is 0. The fourth-order valence-corrected chi connectivity index (χ4v) is 10.6. The second-order valence-corrected chi connectivity index (χ2v) is 18.1. The number of nitrogens with one attached hydrogen (secondary N) is 2. The quantitative estimate of drug-likeness (QED) is 0.175. The van der Waals surface area contributed by atoms with Crippen LogP contribution in [0.3, 0.4) is 0 Å². The number of rotatable bonds is 4. The molecule has 8 nitrogen and oxygen atoms in total. The van der Waals surface area contributed by atoms with Crippen LogP contribution in [-0.2, 0) is 28.2 Å². The molecule has 0 atom stereocenters. The van der Waals surface area contributed by atoms with Crippen LogP contribution in [0, 0.1) is 0 Å². The SMILES string of the molecule is C[n+]1cc(-c2c3nc(c(-c4cc5ccccc5[n+](C)c4)c4ccc([nH]4)c(-c4cc5ccccc5[n+](C)c4)c4nc(c(-c5cc6ccccc6[n+](C)c5)c5ccc2[nH]5)C=C4)C=C3)cc2ccccc21.[Cl-]. The Morgan fingerprint density at radius 1 is 0.319 bits per heavy atom. The van der Waals surface area contributed by atoms with E-state index in [4.69, 9.17) is 9.97 Å². The van der Waals surface area contributed by atoms with Crippen LogP contribution < -0.4 is 30.7 Å². The molecule has 0 radical (unpaired) electrons. The van der Waals surface area contributed by atoms with Crippen LogP contribution in [0.1, 0.15) is 22.8 Å². The van der Waals surface area contributed by atoms with E-state index in [1.165, 1.54) is 0 Å². The highest BCUT2D eigenvalue weighted by molar-refractivity contribution is 6.01. The summed E-state index contributed by atoms with van der Waals surface area (Å²) in [6, 6.07) is 52.1. The maximum absolute atomic E-state index is 5.63. The molecule has 4 aromatic carbocycles. The molecule has 0 spiro atoms. The van der Waals surface area contributed by atoms with Gasteiger partial charge in [-0.2, -0.15) is 0 Å². The number of nitrogens with zero attached hydrogens (tertiary/aromatic N) is 6. The van der Waals surface area contributed by atoms with Crippen molar-refractivity contribution in [1.82, 2.24) is 19.9 Å². The second kappa shape index (κ2) is 16.3. The van der Waals surface area contributed by atoms with E-state index in [9.17, 15) is 0 Å². The highest BCUT2D eigenvalue weighted by Gasteiger charge is 2.24. The number of para-hydroxylation sites is 4. The molecule has 0 saturated heterocycles. The standard InChI is InChI=1S/C60H46N8.ClH/c1-65-33-41(29-37-13-5-9-17-53(37)65)57-45-21-23-47(61-45)58(42-30-38-14-6-10-18-54(38)66(2)34-42)49-25-27-51(63-49)60(44-32-40-16-8-12-20-56(40)68(4)36-44)52-28-26-50(64-52)59(48-24-22-46(57)62-48)43-31-39-15-7-11-19-55(39)67(3)35-43;/h5-36,61,64H,1-4H3;1H/q+4;/p-1. The van der Waals surface area contributed by atoms with Crippen molar-refractivity contribution in [3.63, 3.8) is 0 Å². The predicted molar refractivity (Wildman–Crippen MR) is 275 cm³/mol. The number of pyridine rings is 4. The van der Waals surface area contributed by atoms with Crippen LogP contribution in [-0.4, -0.2) is 19.9 Å². The van der Waals surface area contributed by atoms with E-state index in [2.05, 4.69) is 251 Å². The largest absolute Gasteiger partial charge is 1.00 e. The Morgan fingerprint density at radius 3 is 0.797 bits per heavy atom. The average Bonchev–Trinajstić information content (AvgIpc) is 4.21. The van der Waals surface area contributed by atoms with Crippen LogP contribution in [0.4, 0.5) is 0 Å². The molecule has 0 fully saturated rings. The maximum atomic E-state index is 5.63. The summed E-state index contributed by atoms with van der Waals surface area (Å²) >= 11 is 0. The van der Waals surface area contributed by atoms with Crippen molar-refractivity contribution in [1.29, 1.82) is 0 Å². The number of halogens is 1. The Hall–Kier alpha value is -8.59. The average molecular weight is 915 g/mol. The normalized spacial score (nSPS) is 12.1. The Morgan fingerprint density at radius 2 is 0.551 bits per heavy atom. The monoisotopic (exact) mass is 913 g/mol. The van der Waals surface area contributed by atoms with Crippen LogP contribution in [0.2, 0.25) is 0 Å². The number of H-pyrrole nitrogens is 2. The lowest BCUT2D eigenvalue weighted by atomic mass is 10.0. The molecule has 9 heterocycles. The van der Waals surface area contributed by atoms with Gasteiger partial charge < -0.3 is 22.4 Å². The molecule has 330 valence electrons. The van der Waals surface area contributed by atoms with E-state index in [1.807, 2.05) is 0 Å². The highest BCUT2D eigenvalue weighted by Crippen LogP contribution is 2.39. The topological polar surface area (TPSA) is 72.9 Å². The number of hydrogen-bond donors (Lipinski definition) is 2. The van der Waals surface area contributed by atoms with Gasteiger partial charge in [-0.15, -0.1) is 0 Å². The Kier molecular flexibility index (Phi) is 9.90. The summed E-state index contributed by atoms with van der Waals surface area (Å²) < 4.78 is 8.85. The van der Waals surface area contributed by atoms with E-state index in [0.29, 0.717) is 0 Å². The van der Waals surface area contributed by atoms with Crippen LogP contribution in [0.15, 0.2) is 170 Å². The van der Waals surface area contributed by atoms with Crippen molar-refractivity contribution in [3.05, 3.63) is 193 Å². The summed E-state index contributed by atoms with van der Waals surface area (Å²) in [5, 5.41) is 4.60. The summed E-state index contributed by atoms with van der Waals surface area (Å²) in [5.41, 5.74) is 20.2. The van der Waals surface area contributed by atoms with E-state index < -0.39 is 0 Å². The molecule has 0 saturated carbocycles. The number of benzene rings is 4. The molecule has 69 heavy (non-hydrogen) atoms. The van der Waals surface area contributed by atoms with Crippen LogP contribution in [0.5, 0.6) is 0 Å². The lowest BCUT2D eigenvalue weighted by Crippen LogP contribution is -3.00. The molecule has 0 amide bonds. The van der Waals surface area contributed by atoms with Gasteiger partial charge in [0.15, 0.2) is 24.8 Å². The van der Waals surface area contributed by atoms with Crippen molar-refractivity contribution in [2.24, 2.45) is 28.2 Å². The first-order valence-corrected chi connectivity index (χ1v) is 23.0. The molecule has 0 aliphatic carbocycles. The molecule has 9 heteroatoms. The van der Waals surface area contributed by atoms with Gasteiger partial charge >= 0.3 is 0 Å². The van der Waals surface area contributed by atoms with E-state index in [-0.39, 0.29) is 12.4 Å². The first kappa shape index (κ1) is 41.8. The van der Waals surface area contributed by atoms with Gasteiger partial charge in [0.25, 0.3) is 0 Å². The Bertz CT molecular complexity index is 3680. The lowest BCUT2D eigenvalue weighted by Gasteiger charge is -2.08. The number of aryl methyl sites for hydroxylation is 4. The fourth-order valence-electron chi connectivity index (χ4n) is 10.6. The minimum atomic E-state index is 0. The molecule has 7 aromatic heterocycles. The zero-order valence-corrected chi connectivity index (χ0v) is 39.3. The third-order valence-electron chi connectivity index (χ3n) is 13.8. The molecule has 11 aromatic rings. The Labute approximate surface area is 404 Å². The predicted octanol–water partition coefficient (Wildman–Crippen LogP) is 8.24. The third kappa shape index (κ3) is 6.99. The number of hydrogen-bond acceptors (Lipinski definition) is 2. The first-order chi connectivity index (χ1) is 33.3. The number of fused-ring (bicyclic) bond motifs is 12. The van der Waals surface area contributed by atoms with Gasteiger partial charge in [-0.1, -0.05) is 48.5 Å². The van der Waals surface area contributed by atoms with Gasteiger partial charge in [0, 0.05) is 90.1 Å². The molecule has 0 unspecified atom stereocenters. The smallest absolute Gasteiger partial charge is 0.212 e. The van der Waals surface area contributed by atoms with Crippen molar-refractivity contribution in [2.45, 2.75) is 0 Å².